The highest BCUT2D eigenvalue weighted by atomic mass is 19.4. The van der Waals surface area contributed by atoms with E-state index in [9.17, 15) is 31.1 Å². The van der Waals surface area contributed by atoms with E-state index in [1.165, 1.54) is 0 Å². The predicted molar refractivity (Wildman–Crippen MR) is 81.4 cm³/mol. The highest BCUT2D eigenvalue weighted by molar-refractivity contribution is 5.87. The molecular weight excluding hydrogens is 362 g/mol. The van der Waals surface area contributed by atoms with Crippen LogP contribution in [0, 0.1) is 5.92 Å². The largest absolute Gasteiger partial charge is 0.443 e. The Bertz CT molecular complexity index is 792. The van der Waals surface area contributed by atoms with Crippen molar-refractivity contribution < 1.29 is 35.9 Å². The lowest BCUT2D eigenvalue weighted by molar-refractivity contribution is -0.315. The number of rotatable bonds is 3. The van der Waals surface area contributed by atoms with Crippen molar-refractivity contribution in [1.82, 2.24) is 0 Å². The van der Waals surface area contributed by atoms with E-state index in [2.05, 4.69) is 4.74 Å². The van der Waals surface area contributed by atoms with Crippen LogP contribution in [0.5, 0.6) is 0 Å². The van der Waals surface area contributed by atoms with Gasteiger partial charge in [-0.15, -0.1) is 0 Å². The average Bonchev–Trinajstić information content (AvgIpc) is 2.50. The monoisotopic (exact) mass is 376 g/mol. The summed E-state index contributed by atoms with van der Waals surface area (Å²) in [6.45, 7) is 0. The van der Waals surface area contributed by atoms with Crippen LogP contribution in [0.4, 0.5) is 26.3 Å². The number of fused-ring (bicyclic) bond motifs is 1. The van der Waals surface area contributed by atoms with E-state index < -0.39 is 36.3 Å². The molecule has 0 aromatic heterocycles. The summed E-state index contributed by atoms with van der Waals surface area (Å²) in [4.78, 5) is 12.0. The second kappa shape index (κ2) is 6.48. The summed E-state index contributed by atoms with van der Waals surface area (Å²) < 4.78 is 79.4. The van der Waals surface area contributed by atoms with E-state index in [0.29, 0.717) is 6.42 Å². The SMILES string of the molecule is O=C(OC(C(F)(F)F)C(F)(F)F)C1CCC1c1cccc2ccccc12. The third-order valence-corrected chi connectivity index (χ3v) is 4.63. The summed E-state index contributed by atoms with van der Waals surface area (Å²) in [7, 11) is 0. The number of carbonyl (C=O) groups is 1. The first kappa shape index (κ1) is 18.5. The Morgan fingerprint density at radius 2 is 1.54 bits per heavy atom. The normalized spacial score (nSPS) is 20.9. The van der Waals surface area contributed by atoms with Gasteiger partial charge < -0.3 is 4.74 Å². The summed E-state index contributed by atoms with van der Waals surface area (Å²) in [5.74, 6) is -2.95. The summed E-state index contributed by atoms with van der Waals surface area (Å²) >= 11 is 0. The Balaban J connectivity index is 1.83. The molecule has 0 amide bonds. The van der Waals surface area contributed by atoms with Crippen LogP contribution in [0.25, 0.3) is 10.8 Å². The lowest BCUT2D eigenvalue weighted by atomic mass is 9.69. The maximum Gasteiger partial charge on any atom is 0.434 e. The fraction of sp³-hybridized carbons (Fsp3) is 0.389. The maximum atomic E-state index is 12.6. The number of benzene rings is 2. The van der Waals surface area contributed by atoms with Gasteiger partial charge in [-0.05, 0) is 35.1 Å². The highest BCUT2D eigenvalue weighted by Crippen LogP contribution is 2.46. The molecule has 2 nitrogen and oxygen atoms in total. The number of esters is 1. The lowest BCUT2D eigenvalue weighted by Gasteiger charge is -2.37. The average molecular weight is 376 g/mol. The molecule has 2 aromatic carbocycles. The van der Waals surface area contributed by atoms with Crippen molar-refractivity contribution in [2.45, 2.75) is 37.2 Å². The Morgan fingerprint density at radius 1 is 0.923 bits per heavy atom. The van der Waals surface area contributed by atoms with Crippen LogP contribution in [0.1, 0.15) is 24.3 Å². The van der Waals surface area contributed by atoms with Gasteiger partial charge in [0, 0.05) is 0 Å². The van der Waals surface area contributed by atoms with E-state index in [1.54, 1.807) is 24.3 Å². The number of hydrogen-bond acceptors (Lipinski definition) is 2. The molecule has 8 heteroatoms. The first-order chi connectivity index (χ1) is 12.1. The van der Waals surface area contributed by atoms with Crippen molar-refractivity contribution >= 4 is 16.7 Å². The third kappa shape index (κ3) is 3.50. The van der Waals surface area contributed by atoms with Gasteiger partial charge in [0.1, 0.15) is 0 Å². The molecule has 26 heavy (non-hydrogen) atoms. The summed E-state index contributed by atoms with van der Waals surface area (Å²) in [6, 6.07) is 12.6. The topological polar surface area (TPSA) is 26.3 Å². The van der Waals surface area contributed by atoms with E-state index in [-0.39, 0.29) is 6.42 Å². The molecule has 0 heterocycles. The van der Waals surface area contributed by atoms with Crippen LogP contribution >= 0.6 is 0 Å². The van der Waals surface area contributed by atoms with Crippen LogP contribution in [0.2, 0.25) is 0 Å². The third-order valence-electron chi connectivity index (χ3n) is 4.63. The minimum absolute atomic E-state index is 0.190. The van der Waals surface area contributed by atoms with Gasteiger partial charge >= 0.3 is 18.3 Å². The summed E-state index contributed by atoms with van der Waals surface area (Å²) in [5.41, 5.74) is 0.729. The molecule has 2 unspecified atom stereocenters. The van der Waals surface area contributed by atoms with Crippen LogP contribution in [-0.4, -0.2) is 24.4 Å². The second-order valence-corrected chi connectivity index (χ2v) is 6.26. The summed E-state index contributed by atoms with van der Waals surface area (Å²) in [5, 5.41) is 1.70. The predicted octanol–water partition coefficient (Wildman–Crippen LogP) is 5.37. The molecule has 0 aliphatic heterocycles. The maximum absolute atomic E-state index is 12.6. The zero-order valence-corrected chi connectivity index (χ0v) is 13.3. The molecule has 1 aliphatic carbocycles. The minimum atomic E-state index is -5.70. The number of carbonyl (C=O) groups excluding carboxylic acids is 1. The zero-order valence-electron chi connectivity index (χ0n) is 13.3. The number of alkyl halides is 6. The smallest absolute Gasteiger partial charge is 0.434 e. The quantitative estimate of drug-likeness (QED) is 0.532. The molecule has 140 valence electrons. The summed E-state index contributed by atoms with van der Waals surface area (Å²) in [6.07, 6.45) is -14.8. The van der Waals surface area contributed by atoms with Crippen molar-refractivity contribution in [3.8, 4) is 0 Å². The van der Waals surface area contributed by atoms with Gasteiger partial charge in [-0.2, -0.15) is 26.3 Å². The molecule has 0 spiro atoms. The van der Waals surface area contributed by atoms with Gasteiger partial charge in [0.2, 0.25) is 0 Å². The van der Waals surface area contributed by atoms with E-state index in [1.807, 2.05) is 18.2 Å². The molecule has 0 saturated heterocycles. The molecule has 0 N–H and O–H groups in total. The van der Waals surface area contributed by atoms with Crippen molar-refractivity contribution in [3.05, 3.63) is 48.0 Å². The van der Waals surface area contributed by atoms with Crippen molar-refractivity contribution in [2.24, 2.45) is 5.92 Å². The molecule has 1 saturated carbocycles. The standard InChI is InChI=1S/C18H14F6O2/c19-17(20,21)16(18(22,23)24)26-15(25)14-9-8-13(14)12-7-3-5-10-4-1-2-6-11(10)12/h1-7,13-14,16H,8-9H2. The Labute approximate surface area is 144 Å². The molecule has 2 atom stereocenters. The van der Waals surface area contributed by atoms with E-state index >= 15 is 0 Å². The van der Waals surface area contributed by atoms with Gasteiger partial charge in [-0.3, -0.25) is 4.79 Å². The second-order valence-electron chi connectivity index (χ2n) is 6.26. The lowest BCUT2D eigenvalue weighted by Crippen LogP contribution is -2.47. The number of ether oxygens (including phenoxy) is 1. The molecule has 0 radical (unpaired) electrons. The van der Waals surface area contributed by atoms with Crippen molar-refractivity contribution in [2.75, 3.05) is 0 Å². The Morgan fingerprint density at radius 3 is 2.12 bits per heavy atom. The first-order valence-electron chi connectivity index (χ1n) is 7.90. The number of halogens is 6. The van der Waals surface area contributed by atoms with E-state index in [0.717, 1.165) is 16.3 Å². The Hall–Kier alpha value is -2.25. The van der Waals surface area contributed by atoms with E-state index in [4.69, 9.17) is 0 Å². The molecule has 2 aromatic rings. The molecule has 1 aliphatic rings. The first-order valence-corrected chi connectivity index (χ1v) is 7.90. The Kier molecular flexibility index (Phi) is 4.62. The van der Waals surface area contributed by atoms with Gasteiger partial charge in [-0.1, -0.05) is 42.5 Å². The van der Waals surface area contributed by atoms with Crippen molar-refractivity contribution in [1.29, 1.82) is 0 Å². The fourth-order valence-electron chi connectivity index (χ4n) is 3.25. The van der Waals surface area contributed by atoms with Crippen LogP contribution in [0.3, 0.4) is 0 Å². The van der Waals surface area contributed by atoms with Crippen molar-refractivity contribution in [3.63, 3.8) is 0 Å². The van der Waals surface area contributed by atoms with Crippen LogP contribution in [-0.2, 0) is 9.53 Å². The molecule has 1 fully saturated rings. The van der Waals surface area contributed by atoms with Gasteiger partial charge in [0.25, 0.3) is 6.10 Å². The van der Waals surface area contributed by atoms with Crippen LogP contribution in [0.15, 0.2) is 42.5 Å². The van der Waals surface area contributed by atoms with Crippen LogP contribution < -0.4 is 0 Å². The molecular formula is C18H14F6O2. The minimum Gasteiger partial charge on any atom is -0.443 e. The molecule has 3 rings (SSSR count). The van der Waals surface area contributed by atoms with Gasteiger partial charge in [0.15, 0.2) is 0 Å². The van der Waals surface area contributed by atoms with Gasteiger partial charge in [0.05, 0.1) is 5.92 Å². The zero-order chi connectivity index (χ0) is 19.1. The number of hydrogen-bond donors (Lipinski definition) is 0. The molecule has 0 bridgehead atoms. The fourth-order valence-corrected chi connectivity index (χ4v) is 3.25. The van der Waals surface area contributed by atoms with Gasteiger partial charge in [-0.25, -0.2) is 0 Å². The highest BCUT2D eigenvalue weighted by Gasteiger charge is 2.60.